The Bertz CT molecular complexity index is 1010. The van der Waals surface area contributed by atoms with E-state index in [1.165, 1.54) is 4.90 Å². The zero-order valence-corrected chi connectivity index (χ0v) is 20.9. The number of rotatable bonds is 13. The van der Waals surface area contributed by atoms with Crippen molar-refractivity contribution in [3.8, 4) is 17.6 Å². The minimum atomic E-state index is -1.23. The van der Waals surface area contributed by atoms with Crippen molar-refractivity contribution in [1.82, 2.24) is 4.90 Å². The van der Waals surface area contributed by atoms with Crippen LogP contribution in [0.25, 0.3) is 6.08 Å². The summed E-state index contributed by atoms with van der Waals surface area (Å²) in [6.07, 6.45) is 1.30. The van der Waals surface area contributed by atoms with Gasteiger partial charge in [-0.15, -0.1) is 0 Å². The number of benzene rings is 1. The largest absolute Gasteiger partial charge is 0.514 e. The third-order valence-electron chi connectivity index (χ3n) is 4.78. The first-order valence-corrected chi connectivity index (χ1v) is 11.6. The molecule has 0 saturated carbocycles. The number of nitriles is 1. The van der Waals surface area contributed by atoms with Crippen LogP contribution in [-0.4, -0.2) is 54.3 Å². The molecule has 0 aliphatic rings. The van der Waals surface area contributed by atoms with E-state index in [9.17, 15) is 29.8 Å². The lowest BCUT2D eigenvalue weighted by atomic mass is 10.1. The maximum Gasteiger partial charge on any atom is 0.514 e. The van der Waals surface area contributed by atoms with Gasteiger partial charge in [0, 0.05) is 19.2 Å². The van der Waals surface area contributed by atoms with E-state index in [2.05, 4.69) is 0 Å². The third-order valence-corrected chi connectivity index (χ3v) is 4.78. The molecule has 0 spiro atoms. The maximum absolute atomic E-state index is 12.6. The van der Waals surface area contributed by atoms with Gasteiger partial charge in [0.25, 0.3) is 11.7 Å². The Kier molecular flexibility index (Phi) is 13.0. The molecule has 0 bridgehead atoms. The van der Waals surface area contributed by atoms with E-state index >= 15 is 0 Å². The van der Waals surface area contributed by atoms with Crippen molar-refractivity contribution in [2.45, 2.75) is 53.4 Å². The van der Waals surface area contributed by atoms with Crippen LogP contribution >= 0.6 is 0 Å². The molecule has 0 heterocycles. The van der Waals surface area contributed by atoms with Gasteiger partial charge in [-0.25, -0.2) is 9.59 Å². The highest BCUT2D eigenvalue weighted by molar-refractivity contribution is 6.01. The second kappa shape index (κ2) is 15.7. The Morgan fingerprint density at radius 1 is 1.00 bits per heavy atom. The lowest BCUT2D eigenvalue weighted by molar-refractivity contribution is -0.385. The van der Waals surface area contributed by atoms with Gasteiger partial charge in [0.05, 0.1) is 18.1 Å². The summed E-state index contributed by atoms with van der Waals surface area (Å²) in [4.78, 5) is 49.2. The predicted octanol–water partition coefficient (Wildman–Crippen LogP) is 5.00. The molecule has 0 radical (unpaired) electrons. The minimum absolute atomic E-state index is 0.0122. The van der Waals surface area contributed by atoms with Crippen molar-refractivity contribution < 1.29 is 38.3 Å². The number of carbonyl (C=O) groups excluding carboxylic acids is 3. The molecule has 1 aromatic rings. The highest BCUT2D eigenvalue weighted by atomic mass is 16.7. The van der Waals surface area contributed by atoms with Crippen LogP contribution in [0.1, 0.15) is 58.9 Å². The maximum atomic E-state index is 12.6. The fourth-order valence-electron chi connectivity index (χ4n) is 2.83. The normalized spacial score (nSPS) is 10.7. The minimum Gasteiger partial charge on any atom is -0.434 e. The van der Waals surface area contributed by atoms with E-state index in [0.29, 0.717) is 25.9 Å². The topological polar surface area (TPSA) is 158 Å². The van der Waals surface area contributed by atoms with Crippen molar-refractivity contribution in [3.05, 3.63) is 33.4 Å². The van der Waals surface area contributed by atoms with Gasteiger partial charge in [-0.1, -0.05) is 26.7 Å². The average Bonchev–Trinajstić information content (AvgIpc) is 2.84. The molecule has 1 aromatic carbocycles. The lowest BCUT2D eigenvalue weighted by Gasteiger charge is -2.17. The molecule has 0 atom stereocenters. The van der Waals surface area contributed by atoms with Crippen molar-refractivity contribution >= 4 is 30.0 Å². The molecule has 0 unspecified atom stereocenters. The zero-order valence-electron chi connectivity index (χ0n) is 20.9. The van der Waals surface area contributed by atoms with Gasteiger partial charge in [0.15, 0.2) is 5.75 Å². The molecule has 0 aliphatic heterocycles. The summed E-state index contributed by atoms with van der Waals surface area (Å²) in [5.41, 5.74) is -1.06. The fraction of sp³-hybridized carbons (Fsp3) is 0.500. The van der Waals surface area contributed by atoms with Crippen molar-refractivity contribution in [2.24, 2.45) is 0 Å². The Labute approximate surface area is 209 Å². The molecule has 1 amide bonds. The van der Waals surface area contributed by atoms with Crippen LogP contribution in [0.3, 0.4) is 0 Å². The summed E-state index contributed by atoms with van der Waals surface area (Å²) in [5, 5.41) is 21.3. The number of nitrogens with zero attached hydrogens (tertiary/aromatic N) is 3. The summed E-state index contributed by atoms with van der Waals surface area (Å²) >= 11 is 0. The number of nitro benzene ring substituents is 1. The van der Waals surface area contributed by atoms with Gasteiger partial charge in [-0.3, -0.25) is 14.9 Å². The van der Waals surface area contributed by atoms with Crippen LogP contribution in [-0.2, 0) is 14.3 Å². The first kappa shape index (κ1) is 29.9. The van der Waals surface area contributed by atoms with Gasteiger partial charge >= 0.3 is 18.0 Å². The highest BCUT2D eigenvalue weighted by Crippen LogP contribution is 2.39. The highest BCUT2D eigenvalue weighted by Gasteiger charge is 2.28. The lowest BCUT2D eigenvalue weighted by Crippen LogP contribution is -2.31. The molecule has 196 valence electrons. The number of amides is 1. The van der Waals surface area contributed by atoms with E-state index in [0.717, 1.165) is 31.1 Å². The SMILES string of the molecule is CCCCOC(=O)Oc1cc(C=C(C#N)C(=O)N(CC)CC)cc([N+](=O)[O-])c1OC(=O)OCCCC. The van der Waals surface area contributed by atoms with Crippen LogP contribution in [0.2, 0.25) is 0 Å². The second-order valence-corrected chi connectivity index (χ2v) is 7.38. The van der Waals surface area contributed by atoms with Crippen LogP contribution in [0.15, 0.2) is 17.7 Å². The van der Waals surface area contributed by atoms with E-state index in [-0.39, 0.29) is 24.4 Å². The number of carbonyl (C=O) groups is 3. The molecular weight excluding hydrogens is 474 g/mol. The number of ether oxygens (including phenoxy) is 4. The van der Waals surface area contributed by atoms with Gasteiger partial charge < -0.3 is 23.8 Å². The summed E-state index contributed by atoms with van der Waals surface area (Å²) < 4.78 is 20.0. The van der Waals surface area contributed by atoms with Crippen LogP contribution in [0.4, 0.5) is 15.3 Å². The first-order valence-electron chi connectivity index (χ1n) is 11.6. The monoisotopic (exact) mass is 505 g/mol. The van der Waals surface area contributed by atoms with Gasteiger partial charge in [-0.05, 0) is 44.4 Å². The predicted molar refractivity (Wildman–Crippen MR) is 128 cm³/mol. The van der Waals surface area contributed by atoms with E-state index in [4.69, 9.17) is 18.9 Å². The summed E-state index contributed by atoms with van der Waals surface area (Å²) in [6.45, 7) is 8.00. The summed E-state index contributed by atoms with van der Waals surface area (Å²) in [7, 11) is 0. The molecule has 36 heavy (non-hydrogen) atoms. The zero-order chi connectivity index (χ0) is 27.1. The Morgan fingerprint density at radius 2 is 1.56 bits per heavy atom. The molecule has 0 N–H and O–H groups in total. The van der Waals surface area contributed by atoms with Gasteiger partial charge in [0.1, 0.15) is 11.6 Å². The second-order valence-electron chi connectivity index (χ2n) is 7.38. The van der Waals surface area contributed by atoms with Crippen molar-refractivity contribution in [2.75, 3.05) is 26.3 Å². The molecule has 0 aliphatic carbocycles. The molecule has 0 aromatic heterocycles. The van der Waals surface area contributed by atoms with E-state index in [1.54, 1.807) is 19.9 Å². The van der Waals surface area contributed by atoms with E-state index in [1.807, 2.05) is 13.8 Å². The van der Waals surface area contributed by atoms with Gasteiger partial charge in [-0.2, -0.15) is 5.26 Å². The molecule has 0 fully saturated rings. The van der Waals surface area contributed by atoms with Crippen molar-refractivity contribution in [1.29, 1.82) is 5.26 Å². The average molecular weight is 506 g/mol. The number of hydrogen-bond acceptors (Lipinski definition) is 10. The van der Waals surface area contributed by atoms with Crippen LogP contribution < -0.4 is 9.47 Å². The molecule has 12 heteroatoms. The van der Waals surface area contributed by atoms with E-state index < -0.39 is 40.3 Å². The quantitative estimate of drug-likeness (QED) is 0.0679. The Hall–Kier alpha value is -4.14. The summed E-state index contributed by atoms with van der Waals surface area (Å²) in [6, 6.07) is 3.88. The number of likely N-dealkylation sites (N-methyl/N-ethyl adjacent to an activating group) is 1. The first-order chi connectivity index (χ1) is 17.2. The smallest absolute Gasteiger partial charge is 0.434 e. The Morgan fingerprint density at radius 3 is 2.03 bits per heavy atom. The molecule has 12 nitrogen and oxygen atoms in total. The Balaban J connectivity index is 3.53. The molecule has 1 rings (SSSR count). The fourth-order valence-corrected chi connectivity index (χ4v) is 2.83. The van der Waals surface area contributed by atoms with Gasteiger partial charge in [0.2, 0.25) is 0 Å². The number of unbranched alkanes of at least 4 members (excludes halogenated alkanes) is 2. The number of nitro groups is 1. The molecular formula is C24H31N3O9. The third kappa shape index (κ3) is 9.25. The standard InChI is InChI=1S/C24H31N3O9/c1-5-9-11-33-23(29)35-20-15-17(13-18(16-25)22(28)26(7-3)8-4)14-19(27(31)32)21(20)36-24(30)34-12-10-6-2/h13-15H,5-12H2,1-4H3. The van der Waals surface area contributed by atoms with Crippen molar-refractivity contribution in [3.63, 3.8) is 0 Å². The number of hydrogen-bond donors (Lipinski definition) is 0. The molecule has 0 saturated heterocycles. The van der Waals surface area contributed by atoms with Crippen LogP contribution in [0, 0.1) is 21.4 Å². The van der Waals surface area contributed by atoms with Crippen LogP contribution in [0.5, 0.6) is 11.5 Å². The summed E-state index contributed by atoms with van der Waals surface area (Å²) in [5.74, 6) is -1.77.